The second kappa shape index (κ2) is 9.94. The van der Waals surface area contributed by atoms with Crippen LogP contribution in [0.4, 0.5) is 5.69 Å². The summed E-state index contributed by atoms with van der Waals surface area (Å²) in [4.78, 5) is 23.7. The number of nitrogens with one attached hydrogen (secondary N) is 2. The van der Waals surface area contributed by atoms with Crippen molar-refractivity contribution >= 4 is 51.2 Å². The van der Waals surface area contributed by atoms with Crippen molar-refractivity contribution in [3.05, 3.63) is 57.5 Å². The lowest BCUT2D eigenvalue weighted by Crippen LogP contribution is -2.32. The van der Waals surface area contributed by atoms with E-state index in [1.807, 2.05) is 13.0 Å². The molecule has 0 aliphatic heterocycles. The first-order valence-corrected chi connectivity index (χ1v) is 8.99. The van der Waals surface area contributed by atoms with E-state index in [-0.39, 0.29) is 0 Å². The molecular formula is C18H17BrClN3O3. The Morgan fingerprint density at radius 3 is 2.73 bits per heavy atom. The fraction of sp³-hybridized carbons (Fsp3) is 0.167. The van der Waals surface area contributed by atoms with Gasteiger partial charge in [0.15, 0.2) is 0 Å². The zero-order valence-electron chi connectivity index (χ0n) is 14.0. The number of hydrogen-bond donors (Lipinski definition) is 2. The molecule has 0 unspecified atom stereocenters. The van der Waals surface area contributed by atoms with Crippen LogP contribution in [0, 0.1) is 0 Å². The predicted octanol–water partition coefficient (Wildman–Crippen LogP) is 3.98. The molecule has 2 amide bonds. The van der Waals surface area contributed by atoms with E-state index in [9.17, 15) is 9.59 Å². The van der Waals surface area contributed by atoms with Crippen molar-refractivity contribution in [2.45, 2.75) is 13.3 Å². The molecule has 2 rings (SSSR count). The van der Waals surface area contributed by atoms with E-state index in [4.69, 9.17) is 16.3 Å². The van der Waals surface area contributed by atoms with Crippen molar-refractivity contribution in [1.82, 2.24) is 5.43 Å². The first-order valence-electron chi connectivity index (χ1n) is 7.82. The molecule has 136 valence electrons. The van der Waals surface area contributed by atoms with Crippen LogP contribution < -0.4 is 15.5 Å². The summed E-state index contributed by atoms with van der Waals surface area (Å²) in [5.41, 5.74) is 3.19. The van der Waals surface area contributed by atoms with Gasteiger partial charge in [-0.25, -0.2) is 5.43 Å². The standard InChI is InChI=1S/C18H17BrClN3O3/c1-2-9-26-16-8-7-13(19)10-12(16)11-21-23-18(25)17(24)22-15-6-4-3-5-14(15)20/h3-8,10-11H,2,9H2,1H3,(H,22,24)(H,23,25)/b21-11+. The van der Waals surface area contributed by atoms with Crippen molar-refractivity contribution in [1.29, 1.82) is 0 Å². The molecule has 26 heavy (non-hydrogen) atoms. The number of para-hydroxylation sites is 1. The maximum absolute atomic E-state index is 11.9. The molecule has 0 aliphatic rings. The summed E-state index contributed by atoms with van der Waals surface area (Å²) in [5.74, 6) is -1.15. The van der Waals surface area contributed by atoms with Gasteiger partial charge in [-0.3, -0.25) is 9.59 Å². The highest BCUT2D eigenvalue weighted by molar-refractivity contribution is 9.10. The maximum atomic E-state index is 11.9. The molecule has 2 aromatic rings. The Hall–Kier alpha value is -2.38. The molecule has 0 bridgehead atoms. The Bertz CT molecular complexity index is 827. The molecule has 2 N–H and O–H groups in total. The van der Waals surface area contributed by atoms with Gasteiger partial charge < -0.3 is 10.1 Å². The van der Waals surface area contributed by atoms with E-state index in [0.717, 1.165) is 10.9 Å². The van der Waals surface area contributed by atoms with Crippen LogP contribution in [-0.4, -0.2) is 24.6 Å². The number of hydrogen-bond acceptors (Lipinski definition) is 4. The van der Waals surface area contributed by atoms with Gasteiger partial charge in [0.2, 0.25) is 0 Å². The van der Waals surface area contributed by atoms with Gasteiger partial charge in [-0.2, -0.15) is 5.10 Å². The first kappa shape index (κ1) is 19.9. The van der Waals surface area contributed by atoms with Crippen LogP contribution in [0.1, 0.15) is 18.9 Å². The largest absolute Gasteiger partial charge is 0.493 e. The molecule has 0 fully saturated rings. The summed E-state index contributed by atoms with van der Waals surface area (Å²) < 4.78 is 6.46. The zero-order chi connectivity index (χ0) is 18.9. The number of benzene rings is 2. The summed E-state index contributed by atoms with van der Waals surface area (Å²) in [7, 11) is 0. The second-order valence-corrected chi connectivity index (χ2v) is 6.49. The average molecular weight is 439 g/mol. The maximum Gasteiger partial charge on any atom is 0.329 e. The minimum atomic E-state index is -0.910. The molecule has 0 heterocycles. The number of halogens is 2. The lowest BCUT2D eigenvalue weighted by atomic mass is 10.2. The Labute approximate surface area is 164 Å². The zero-order valence-corrected chi connectivity index (χ0v) is 16.3. The number of rotatable bonds is 6. The first-order chi connectivity index (χ1) is 12.5. The molecule has 0 atom stereocenters. The highest BCUT2D eigenvalue weighted by atomic mass is 79.9. The van der Waals surface area contributed by atoms with Crippen LogP contribution in [0.5, 0.6) is 5.75 Å². The summed E-state index contributed by atoms with van der Waals surface area (Å²) in [6.07, 6.45) is 2.28. The number of nitrogens with zero attached hydrogens (tertiary/aromatic N) is 1. The Kier molecular flexibility index (Phi) is 7.62. The third kappa shape index (κ3) is 5.86. The predicted molar refractivity (Wildman–Crippen MR) is 106 cm³/mol. The van der Waals surface area contributed by atoms with Gasteiger partial charge in [0.25, 0.3) is 0 Å². The van der Waals surface area contributed by atoms with Crippen LogP contribution in [0.15, 0.2) is 52.0 Å². The molecule has 0 aliphatic carbocycles. The van der Waals surface area contributed by atoms with Crippen molar-refractivity contribution < 1.29 is 14.3 Å². The van der Waals surface area contributed by atoms with E-state index in [1.54, 1.807) is 36.4 Å². The van der Waals surface area contributed by atoms with E-state index >= 15 is 0 Å². The van der Waals surface area contributed by atoms with Gasteiger partial charge in [-0.1, -0.05) is 46.6 Å². The van der Waals surface area contributed by atoms with Crippen LogP contribution in [-0.2, 0) is 9.59 Å². The van der Waals surface area contributed by atoms with Gasteiger partial charge in [0.1, 0.15) is 5.75 Å². The van der Waals surface area contributed by atoms with Gasteiger partial charge >= 0.3 is 11.8 Å². The highest BCUT2D eigenvalue weighted by Crippen LogP contribution is 2.22. The topological polar surface area (TPSA) is 79.8 Å². The van der Waals surface area contributed by atoms with Crippen molar-refractivity contribution in [3.8, 4) is 5.75 Å². The quantitative estimate of drug-likeness (QED) is 0.407. The number of carbonyl (C=O) groups is 2. The van der Waals surface area contributed by atoms with Crippen LogP contribution in [0.25, 0.3) is 0 Å². The van der Waals surface area contributed by atoms with Crippen molar-refractivity contribution in [2.75, 3.05) is 11.9 Å². The molecule has 6 nitrogen and oxygen atoms in total. The third-order valence-corrected chi connectivity index (χ3v) is 3.95. The van der Waals surface area contributed by atoms with E-state index < -0.39 is 11.8 Å². The fourth-order valence-electron chi connectivity index (χ4n) is 1.92. The average Bonchev–Trinajstić information content (AvgIpc) is 2.62. The minimum Gasteiger partial charge on any atom is -0.493 e. The molecule has 0 aromatic heterocycles. The van der Waals surface area contributed by atoms with E-state index in [2.05, 4.69) is 31.8 Å². The lowest BCUT2D eigenvalue weighted by molar-refractivity contribution is -0.136. The number of amides is 2. The fourth-order valence-corrected chi connectivity index (χ4v) is 2.48. The van der Waals surface area contributed by atoms with Crippen molar-refractivity contribution in [3.63, 3.8) is 0 Å². The SMILES string of the molecule is CCCOc1ccc(Br)cc1/C=N/NC(=O)C(=O)Nc1ccccc1Cl. The normalized spacial score (nSPS) is 10.6. The van der Waals surface area contributed by atoms with Crippen LogP contribution >= 0.6 is 27.5 Å². The summed E-state index contributed by atoms with van der Waals surface area (Å²) in [6.45, 7) is 2.57. The number of anilines is 1. The highest BCUT2D eigenvalue weighted by Gasteiger charge is 2.14. The van der Waals surface area contributed by atoms with Crippen LogP contribution in [0.3, 0.4) is 0 Å². The molecular weight excluding hydrogens is 422 g/mol. The van der Waals surface area contributed by atoms with Gasteiger partial charge in [0.05, 0.1) is 23.5 Å². The van der Waals surface area contributed by atoms with Crippen molar-refractivity contribution in [2.24, 2.45) is 5.10 Å². The lowest BCUT2D eigenvalue weighted by Gasteiger charge is -2.08. The summed E-state index contributed by atoms with van der Waals surface area (Å²) >= 11 is 9.31. The minimum absolute atomic E-state index is 0.337. The van der Waals surface area contributed by atoms with Crippen LogP contribution in [0.2, 0.25) is 5.02 Å². The monoisotopic (exact) mass is 437 g/mol. The molecule has 8 heteroatoms. The number of carbonyl (C=O) groups excluding carboxylic acids is 2. The van der Waals surface area contributed by atoms with E-state index in [1.165, 1.54) is 6.21 Å². The number of hydrazone groups is 1. The third-order valence-electron chi connectivity index (χ3n) is 3.13. The van der Waals surface area contributed by atoms with Gasteiger partial charge in [-0.15, -0.1) is 0 Å². The molecule has 0 saturated carbocycles. The summed E-state index contributed by atoms with van der Waals surface area (Å²) in [6, 6.07) is 12.1. The molecule has 0 saturated heterocycles. The molecule has 2 aromatic carbocycles. The Balaban J connectivity index is 1.99. The Morgan fingerprint density at radius 2 is 2.00 bits per heavy atom. The van der Waals surface area contributed by atoms with Gasteiger partial charge in [-0.05, 0) is 36.8 Å². The number of ether oxygens (including phenoxy) is 1. The van der Waals surface area contributed by atoms with E-state index in [0.29, 0.717) is 28.6 Å². The molecule has 0 radical (unpaired) electrons. The summed E-state index contributed by atoms with van der Waals surface area (Å²) in [5, 5.41) is 6.57. The molecule has 0 spiro atoms. The second-order valence-electron chi connectivity index (χ2n) is 5.16. The smallest absolute Gasteiger partial charge is 0.329 e. The Morgan fingerprint density at radius 1 is 1.23 bits per heavy atom. The van der Waals surface area contributed by atoms with Gasteiger partial charge in [0, 0.05) is 10.0 Å².